The van der Waals surface area contributed by atoms with Gasteiger partial charge in [-0.2, -0.15) is 0 Å². The van der Waals surface area contributed by atoms with Crippen LogP contribution in [-0.2, 0) is 4.79 Å². The summed E-state index contributed by atoms with van der Waals surface area (Å²) in [6.45, 7) is 1.61. The van der Waals surface area contributed by atoms with E-state index >= 15 is 0 Å². The molecule has 1 aliphatic rings. The third-order valence-corrected chi connectivity index (χ3v) is 3.29. The number of likely N-dealkylation sites (tertiary alicyclic amines) is 1. The minimum atomic E-state index is -1.16. The number of β-amino-alcohol motifs (C(OH)–C–C–N with tert-alkyl or cyclic N) is 1. The van der Waals surface area contributed by atoms with Crippen LogP contribution < -0.4 is 0 Å². The Morgan fingerprint density at radius 2 is 2.05 bits per heavy atom. The monoisotopic (exact) mass is 265 g/mol. The lowest BCUT2D eigenvalue weighted by molar-refractivity contribution is -0.141. The molecule has 0 spiro atoms. The molecule has 0 unspecified atom stereocenters. The summed E-state index contributed by atoms with van der Waals surface area (Å²) in [6.07, 6.45) is -0.842. The Labute approximate surface area is 109 Å². The first-order chi connectivity index (χ1) is 8.91. The number of nitrogens with zero attached hydrogens (tertiary/aromatic N) is 1. The zero-order valence-electron chi connectivity index (χ0n) is 10.4. The summed E-state index contributed by atoms with van der Waals surface area (Å²) in [5.74, 6) is -1.89. The highest BCUT2D eigenvalue weighted by atomic mass is 16.4. The van der Waals surface area contributed by atoms with Gasteiger partial charge in [-0.3, -0.25) is 4.79 Å². The number of para-hydroxylation sites is 1. The average Bonchev–Trinajstić information content (AvgIpc) is 2.74. The maximum Gasteiger partial charge on any atom is 0.326 e. The van der Waals surface area contributed by atoms with E-state index in [4.69, 9.17) is 5.11 Å². The van der Waals surface area contributed by atoms with Crippen LogP contribution in [0.25, 0.3) is 0 Å². The maximum atomic E-state index is 12.3. The first-order valence-corrected chi connectivity index (χ1v) is 5.92. The molecule has 1 saturated heterocycles. The third kappa shape index (κ3) is 2.39. The van der Waals surface area contributed by atoms with Gasteiger partial charge in [0, 0.05) is 13.0 Å². The average molecular weight is 265 g/mol. The minimum Gasteiger partial charge on any atom is -0.507 e. The fraction of sp³-hybridized carbons (Fsp3) is 0.385. The number of hydrogen-bond acceptors (Lipinski definition) is 4. The van der Waals surface area contributed by atoms with E-state index in [1.165, 1.54) is 6.07 Å². The summed E-state index contributed by atoms with van der Waals surface area (Å²) in [7, 11) is 0. The molecule has 3 N–H and O–H groups in total. The first-order valence-electron chi connectivity index (χ1n) is 5.92. The number of hydrogen-bond donors (Lipinski definition) is 3. The second-order valence-corrected chi connectivity index (χ2v) is 4.67. The van der Waals surface area contributed by atoms with Crippen LogP contribution in [0.1, 0.15) is 22.3 Å². The number of amides is 1. The molecule has 102 valence electrons. The summed E-state index contributed by atoms with van der Waals surface area (Å²) in [5, 5.41) is 28.4. The normalized spacial score (nSPS) is 22.5. The van der Waals surface area contributed by atoms with Crippen molar-refractivity contribution in [3.8, 4) is 5.75 Å². The zero-order chi connectivity index (χ0) is 14.2. The fourth-order valence-corrected chi connectivity index (χ4v) is 2.26. The number of rotatable bonds is 2. The number of aliphatic hydroxyl groups is 1. The van der Waals surface area contributed by atoms with Gasteiger partial charge in [-0.25, -0.2) is 4.79 Å². The second-order valence-electron chi connectivity index (χ2n) is 4.67. The number of phenolic OH excluding ortho intramolecular Hbond substituents is 1. The predicted molar refractivity (Wildman–Crippen MR) is 65.9 cm³/mol. The molecule has 1 heterocycles. The number of aliphatic carboxylic acids is 1. The Balaban J connectivity index is 2.33. The molecule has 1 aliphatic heterocycles. The van der Waals surface area contributed by atoms with Crippen LogP contribution in [0, 0.1) is 6.92 Å². The van der Waals surface area contributed by atoms with E-state index in [2.05, 4.69) is 0 Å². The number of carbonyl (C=O) groups is 2. The van der Waals surface area contributed by atoms with E-state index in [1.54, 1.807) is 19.1 Å². The third-order valence-electron chi connectivity index (χ3n) is 3.29. The molecule has 1 amide bonds. The molecule has 1 fully saturated rings. The number of carboxylic acid groups (broad SMARTS) is 1. The lowest BCUT2D eigenvalue weighted by Crippen LogP contribution is -2.40. The Bertz CT molecular complexity index is 528. The van der Waals surface area contributed by atoms with Crippen LogP contribution in [0.15, 0.2) is 18.2 Å². The molecular weight excluding hydrogens is 250 g/mol. The van der Waals surface area contributed by atoms with Crippen molar-refractivity contribution >= 4 is 11.9 Å². The molecule has 2 atom stereocenters. The lowest BCUT2D eigenvalue weighted by atomic mass is 10.1. The van der Waals surface area contributed by atoms with E-state index in [9.17, 15) is 19.8 Å². The Kier molecular flexibility index (Phi) is 3.44. The summed E-state index contributed by atoms with van der Waals surface area (Å²) < 4.78 is 0. The summed E-state index contributed by atoms with van der Waals surface area (Å²) in [5.41, 5.74) is 0.595. The number of benzene rings is 1. The highest BCUT2D eigenvalue weighted by Gasteiger charge is 2.39. The Morgan fingerprint density at radius 1 is 1.37 bits per heavy atom. The number of carbonyl (C=O) groups excluding carboxylic acids is 1. The minimum absolute atomic E-state index is 0.00759. The van der Waals surface area contributed by atoms with Crippen LogP contribution in [0.5, 0.6) is 5.75 Å². The number of aliphatic hydroxyl groups excluding tert-OH is 1. The van der Waals surface area contributed by atoms with Crippen molar-refractivity contribution in [1.29, 1.82) is 0 Å². The molecule has 6 nitrogen and oxygen atoms in total. The highest BCUT2D eigenvalue weighted by molar-refractivity contribution is 5.99. The molecule has 0 radical (unpaired) electrons. The van der Waals surface area contributed by atoms with Crippen molar-refractivity contribution < 1.29 is 24.9 Å². The lowest BCUT2D eigenvalue weighted by Gasteiger charge is -2.21. The van der Waals surface area contributed by atoms with Gasteiger partial charge in [0.15, 0.2) is 0 Å². The molecule has 0 saturated carbocycles. The van der Waals surface area contributed by atoms with Crippen LogP contribution in [0.3, 0.4) is 0 Å². The van der Waals surface area contributed by atoms with Crippen LogP contribution in [0.2, 0.25) is 0 Å². The van der Waals surface area contributed by atoms with Crippen molar-refractivity contribution in [3.05, 3.63) is 29.3 Å². The van der Waals surface area contributed by atoms with Gasteiger partial charge in [0.2, 0.25) is 0 Å². The molecule has 19 heavy (non-hydrogen) atoms. The molecule has 0 bridgehead atoms. The summed E-state index contributed by atoms with van der Waals surface area (Å²) >= 11 is 0. The predicted octanol–water partition coefficient (Wildman–Crippen LogP) is 0.361. The number of aromatic hydroxyl groups is 1. The Morgan fingerprint density at radius 3 is 2.68 bits per heavy atom. The SMILES string of the molecule is Cc1cccc(C(=O)N2C[C@H](O)C[C@H]2C(=O)O)c1O. The van der Waals surface area contributed by atoms with Crippen molar-refractivity contribution in [2.75, 3.05) is 6.54 Å². The van der Waals surface area contributed by atoms with E-state index in [0.29, 0.717) is 5.56 Å². The van der Waals surface area contributed by atoms with Gasteiger partial charge in [0.05, 0.1) is 11.7 Å². The van der Waals surface area contributed by atoms with Gasteiger partial charge in [0.25, 0.3) is 5.91 Å². The van der Waals surface area contributed by atoms with Gasteiger partial charge >= 0.3 is 5.97 Å². The van der Waals surface area contributed by atoms with E-state index in [1.807, 2.05) is 0 Å². The van der Waals surface area contributed by atoms with Gasteiger partial charge in [-0.1, -0.05) is 12.1 Å². The topological polar surface area (TPSA) is 98.1 Å². The fourth-order valence-electron chi connectivity index (χ4n) is 2.26. The van der Waals surface area contributed by atoms with E-state index in [-0.39, 0.29) is 24.3 Å². The standard InChI is InChI=1S/C13H15NO5/c1-7-3-2-4-9(11(7)16)12(17)14-6-8(15)5-10(14)13(18)19/h2-4,8,10,15-16H,5-6H2,1H3,(H,18,19)/t8-,10+/m1/s1. The maximum absolute atomic E-state index is 12.3. The van der Waals surface area contributed by atoms with Gasteiger partial charge in [-0.15, -0.1) is 0 Å². The highest BCUT2D eigenvalue weighted by Crippen LogP contribution is 2.27. The van der Waals surface area contributed by atoms with E-state index in [0.717, 1.165) is 4.90 Å². The molecule has 1 aromatic carbocycles. The van der Waals surface area contributed by atoms with Crippen LogP contribution >= 0.6 is 0 Å². The molecule has 2 rings (SSSR count). The molecule has 0 aliphatic carbocycles. The van der Waals surface area contributed by atoms with Crippen LogP contribution in [0.4, 0.5) is 0 Å². The van der Waals surface area contributed by atoms with Crippen molar-refractivity contribution in [1.82, 2.24) is 4.90 Å². The van der Waals surface area contributed by atoms with Gasteiger partial charge in [0.1, 0.15) is 11.8 Å². The molecule has 1 aromatic rings. The zero-order valence-corrected chi connectivity index (χ0v) is 10.4. The van der Waals surface area contributed by atoms with Crippen molar-refractivity contribution in [2.45, 2.75) is 25.5 Å². The quantitative estimate of drug-likeness (QED) is 0.717. The van der Waals surface area contributed by atoms with Gasteiger partial charge < -0.3 is 20.2 Å². The number of aryl methyl sites for hydroxylation is 1. The molecular formula is C13H15NO5. The molecule has 0 aromatic heterocycles. The van der Waals surface area contributed by atoms with Gasteiger partial charge in [-0.05, 0) is 18.6 Å². The first kappa shape index (κ1) is 13.4. The number of phenols is 1. The smallest absolute Gasteiger partial charge is 0.326 e. The summed E-state index contributed by atoms with van der Waals surface area (Å²) in [6, 6.07) is 3.65. The van der Waals surface area contributed by atoms with E-state index < -0.39 is 24.0 Å². The second kappa shape index (κ2) is 4.89. The van der Waals surface area contributed by atoms with Crippen molar-refractivity contribution in [3.63, 3.8) is 0 Å². The number of carboxylic acids is 1. The Hall–Kier alpha value is -2.08. The molecule has 6 heteroatoms. The largest absolute Gasteiger partial charge is 0.507 e. The van der Waals surface area contributed by atoms with Crippen molar-refractivity contribution in [2.24, 2.45) is 0 Å². The summed E-state index contributed by atoms with van der Waals surface area (Å²) in [4.78, 5) is 24.4. The van der Waals surface area contributed by atoms with Crippen LogP contribution in [-0.4, -0.2) is 50.8 Å².